The average molecular weight is 515 g/mol. The average Bonchev–Trinajstić information content (AvgIpc) is 2.84. The number of carbonyl (C=O) groups excluding carboxylic acids is 3. The minimum atomic E-state index is -0.987. The molecule has 1 aliphatic heterocycles. The first kappa shape index (κ1) is 27.2. The van der Waals surface area contributed by atoms with Gasteiger partial charge in [0.1, 0.15) is 6.10 Å². The third-order valence-electron chi connectivity index (χ3n) is 8.76. The van der Waals surface area contributed by atoms with Gasteiger partial charge in [0.15, 0.2) is 11.6 Å². The molecule has 1 spiro atoms. The first-order chi connectivity index (χ1) is 17.5. The summed E-state index contributed by atoms with van der Waals surface area (Å²) in [4.78, 5) is 45.3. The van der Waals surface area contributed by atoms with Crippen molar-refractivity contribution in [3.8, 4) is 0 Å². The Balaban J connectivity index is 0.000000190. The fourth-order valence-electron chi connectivity index (χ4n) is 7.19. The SMILES string of the molecule is COC(C)=O.COC1C(=O)C2CCC3OCC3C23CC2(O)CC(=O)C(C)=C1C23.O=C(O)c1ccccc1. The quantitative estimate of drug-likeness (QED) is 0.571. The van der Waals surface area contributed by atoms with Gasteiger partial charge >= 0.3 is 11.9 Å². The van der Waals surface area contributed by atoms with E-state index in [4.69, 9.17) is 14.6 Å². The largest absolute Gasteiger partial charge is 0.478 e. The molecule has 5 aliphatic rings. The predicted octanol–water partition coefficient (Wildman–Crippen LogP) is 2.60. The van der Waals surface area contributed by atoms with E-state index in [1.807, 2.05) is 0 Å². The minimum absolute atomic E-state index is 0.0425. The Kier molecular flexibility index (Phi) is 7.43. The van der Waals surface area contributed by atoms with E-state index in [1.165, 1.54) is 21.1 Å². The fraction of sp³-hybridized carbons (Fsp3) is 0.571. The molecular formula is C28H34O9. The van der Waals surface area contributed by atoms with Gasteiger partial charge in [-0.05, 0) is 54.9 Å². The number of carbonyl (C=O) groups is 4. The smallest absolute Gasteiger partial charge is 0.335 e. The van der Waals surface area contributed by atoms with Gasteiger partial charge in [0.05, 0.1) is 31.0 Å². The highest BCUT2D eigenvalue weighted by Crippen LogP contribution is 2.74. The van der Waals surface area contributed by atoms with Crippen LogP contribution in [-0.2, 0) is 28.6 Å². The zero-order valence-electron chi connectivity index (χ0n) is 21.6. The number of carboxylic acids is 1. The van der Waals surface area contributed by atoms with Gasteiger partial charge in [-0.2, -0.15) is 0 Å². The Morgan fingerprint density at radius 2 is 1.76 bits per heavy atom. The molecule has 37 heavy (non-hydrogen) atoms. The van der Waals surface area contributed by atoms with Crippen molar-refractivity contribution >= 4 is 23.5 Å². The van der Waals surface area contributed by atoms with E-state index < -0.39 is 17.7 Å². The highest BCUT2D eigenvalue weighted by Gasteiger charge is 2.78. The van der Waals surface area contributed by atoms with E-state index in [-0.39, 0.29) is 47.3 Å². The van der Waals surface area contributed by atoms with Gasteiger partial charge in [0.2, 0.25) is 0 Å². The number of rotatable bonds is 2. The monoisotopic (exact) mass is 514 g/mol. The summed E-state index contributed by atoms with van der Waals surface area (Å²) in [6.07, 6.45) is 2.04. The lowest BCUT2D eigenvalue weighted by Gasteiger charge is -2.74. The highest BCUT2D eigenvalue weighted by atomic mass is 16.5. The Morgan fingerprint density at radius 1 is 1.11 bits per heavy atom. The van der Waals surface area contributed by atoms with Crippen LogP contribution in [0.25, 0.3) is 0 Å². The molecule has 1 aromatic rings. The third kappa shape index (κ3) is 4.32. The number of fused-ring (bicyclic) bond motifs is 1. The normalized spacial score (nSPS) is 36.5. The van der Waals surface area contributed by atoms with E-state index in [0.29, 0.717) is 30.1 Å². The standard InChI is InChI=1S/C18H22O5.C7H6O2.C3H6O2/c1-8-11(19)5-17(21)7-18-9(3-4-12-10(18)6-23-12)14(20)15(22-2)13(8)16(17)18;8-7(9)6-4-2-1-3-5-6;1-3(4)5-2/h9-10,12,15-16,21H,3-7H2,1-2H3;1-5H,(H,8,9);1-2H3. The first-order valence-corrected chi connectivity index (χ1v) is 12.5. The summed E-state index contributed by atoms with van der Waals surface area (Å²) in [7, 11) is 2.88. The number of Topliss-reactive ketones (excluding diaryl/α,β-unsaturated/α-hetero) is 2. The van der Waals surface area contributed by atoms with Crippen molar-refractivity contribution in [3.63, 3.8) is 0 Å². The highest BCUT2D eigenvalue weighted by molar-refractivity contribution is 6.02. The molecule has 1 heterocycles. The molecule has 2 N–H and O–H groups in total. The van der Waals surface area contributed by atoms with Gasteiger partial charge in [-0.1, -0.05) is 18.2 Å². The summed E-state index contributed by atoms with van der Waals surface area (Å²) >= 11 is 0. The molecule has 0 amide bonds. The number of ketones is 2. The number of aliphatic hydroxyl groups is 1. The molecule has 0 aromatic heterocycles. The number of aromatic carboxylic acids is 1. The summed E-state index contributed by atoms with van der Waals surface area (Å²) in [6.45, 7) is 3.83. The van der Waals surface area contributed by atoms with Crippen LogP contribution >= 0.6 is 0 Å². The summed E-state index contributed by atoms with van der Waals surface area (Å²) in [5.74, 6) is -0.895. The number of esters is 1. The summed E-state index contributed by atoms with van der Waals surface area (Å²) in [5.41, 5.74) is 0.543. The van der Waals surface area contributed by atoms with E-state index in [0.717, 1.165) is 18.4 Å². The van der Waals surface area contributed by atoms with Gasteiger partial charge in [-0.25, -0.2) is 4.79 Å². The maximum atomic E-state index is 13.1. The van der Waals surface area contributed by atoms with Gasteiger partial charge in [-0.15, -0.1) is 0 Å². The maximum absolute atomic E-state index is 13.1. The van der Waals surface area contributed by atoms with Crippen molar-refractivity contribution < 1.29 is 43.6 Å². The van der Waals surface area contributed by atoms with Crippen LogP contribution in [0.4, 0.5) is 0 Å². The minimum Gasteiger partial charge on any atom is -0.478 e. The van der Waals surface area contributed by atoms with Crippen LogP contribution in [0.3, 0.4) is 0 Å². The summed E-state index contributed by atoms with van der Waals surface area (Å²) in [5, 5.41) is 19.5. The Morgan fingerprint density at radius 3 is 2.24 bits per heavy atom. The molecule has 1 saturated heterocycles. The molecule has 0 bridgehead atoms. The van der Waals surface area contributed by atoms with Crippen molar-refractivity contribution in [1.82, 2.24) is 0 Å². The predicted molar refractivity (Wildman–Crippen MR) is 131 cm³/mol. The maximum Gasteiger partial charge on any atom is 0.335 e. The van der Waals surface area contributed by atoms with Crippen molar-refractivity contribution in [2.75, 3.05) is 20.8 Å². The lowest BCUT2D eigenvalue weighted by molar-refractivity contribution is -0.311. The molecule has 3 saturated carbocycles. The number of allylic oxidation sites excluding steroid dienone is 1. The second-order valence-corrected chi connectivity index (χ2v) is 10.5. The Bertz CT molecular complexity index is 1130. The van der Waals surface area contributed by atoms with Crippen molar-refractivity contribution in [2.24, 2.45) is 23.2 Å². The van der Waals surface area contributed by atoms with Gasteiger partial charge in [0.25, 0.3) is 0 Å². The Hall–Kier alpha value is -2.88. The number of methoxy groups -OCH3 is 2. The molecule has 7 unspecified atom stereocenters. The van der Waals surface area contributed by atoms with Gasteiger partial charge < -0.3 is 24.4 Å². The Labute approximate surface area is 215 Å². The van der Waals surface area contributed by atoms with Crippen LogP contribution in [0, 0.1) is 23.2 Å². The molecule has 4 aliphatic carbocycles. The molecule has 1 aromatic carbocycles. The molecule has 200 valence electrons. The van der Waals surface area contributed by atoms with E-state index >= 15 is 0 Å². The van der Waals surface area contributed by atoms with Crippen molar-refractivity contribution in [3.05, 3.63) is 47.0 Å². The van der Waals surface area contributed by atoms with Gasteiger partial charge in [-0.3, -0.25) is 14.4 Å². The molecular weight excluding hydrogens is 480 g/mol. The van der Waals surface area contributed by atoms with Crippen molar-refractivity contribution in [1.29, 1.82) is 0 Å². The van der Waals surface area contributed by atoms with Crippen LogP contribution in [0.1, 0.15) is 49.9 Å². The third-order valence-corrected chi connectivity index (χ3v) is 8.76. The second-order valence-electron chi connectivity index (χ2n) is 10.5. The fourth-order valence-corrected chi connectivity index (χ4v) is 7.19. The molecule has 9 heteroatoms. The topological polar surface area (TPSA) is 136 Å². The molecule has 7 atom stereocenters. The number of hydrogen-bond acceptors (Lipinski definition) is 8. The van der Waals surface area contributed by atoms with Crippen molar-refractivity contribution in [2.45, 2.75) is 57.3 Å². The number of benzene rings is 1. The van der Waals surface area contributed by atoms with E-state index in [9.17, 15) is 24.3 Å². The summed E-state index contributed by atoms with van der Waals surface area (Å²) < 4.78 is 15.4. The molecule has 6 rings (SSSR count). The van der Waals surface area contributed by atoms with E-state index in [1.54, 1.807) is 37.3 Å². The lowest BCUT2D eigenvalue weighted by Crippen LogP contribution is -2.78. The van der Waals surface area contributed by atoms with Crippen LogP contribution in [-0.4, -0.2) is 72.4 Å². The van der Waals surface area contributed by atoms with Crippen LogP contribution in [0.15, 0.2) is 41.5 Å². The van der Waals surface area contributed by atoms with Crippen LogP contribution < -0.4 is 0 Å². The number of hydrogen-bond donors (Lipinski definition) is 2. The van der Waals surface area contributed by atoms with Gasteiger partial charge in [0, 0.05) is 38.2 Å². The van der Waals surface area contributed by atoms with Crippen LogP contribution in [0.2, 0.25) is 0 Å². The van der Waals surface area contributed by atoms with E-state index in [2.05, 4.69) is 4.74 Å². The number of carboxylic acid groups (broad SMARTS) is 1. The number of ether oxygens (including phenoxy) is 3. The van der Waals surface area contributed by atoms with Crippen LogP contribution in [0.5, 0.6) is 0 Å². The summed E-state index contributed by atoms with van der Waals surface area (Å²) in [6, 6.07) is 8.30. The molecule has 0 radical (unpaired) electrons. The molecule has 4 fully saturated rings. The molecule has 9 nitrogen and oxygen atoms in total. The zero-order chi connectivity index (χ0) is 27.1. The second kappa shape index (κ2) is 10.1. The lowest BCUT2D eigenvalue weighted by atomic mass is 9.32. The first-order valence-electron chi connectivity index (χ1n) is 12.5. The zero-order valence-corrected chi connectivity index (χ0v) is 21.6.